The van der Waals surface area contributed by atoms with Gasteiger partial charge in [-0.2, -0.15) is 0 Å². The van der Waals surface area contributed by atoms with E-state index in [1.807, 2.05) is 0 Å². The van der Waals surface area contributed by atoms with E-state index in [1.54, 1.807) is 0 Å². The molecule has 2 nitrogen and oxygen atoms in total. The second-order valence-electron chi connectivity index (χ2n) is 18.3. The van der Waals surface area contributed by atoms with Crippen molar-refractivity contribution in [3.8, 4) is 33.6 Å². The lowest BCUT2D eigenvalue weighted by Gasteiger charge is -2.19. The van der Waals surface area contributed by atoms with Crippen LogP contribution in [-0.2, 0) is 10.8 Å². The van der Waals surface area contributed by atoms with Crippen molar-refractivity contribution in [2.24, 2.45) is 0 Å². The smallest absolute Gasteiger partial charge is 0.0541 e. The lowest BCUT2D eigenvalue weighted by atomic mass is 9.86. The molecule has 2 heteroatoms. The summed E-state index contributed by atoms with van der Waals surface area (Å²) in [5.41, 5.74) is 17.3. The zero-order valence-electron chi connectivity index (χ0n) is 35.4. The Morgan fingerprint density at radius 2 is 0.633 bits per heavy atom. The third-order valence-electron chi connectivity index (χ3n) is 12.2. The Labute approximate surface area is 353 Å². The first kappa shape index (κ1) is 37.4. The van der Waals surface area contributed by atoms with Gasteiger partial charge in [0.05, 0.1) is 22.1 Å². The first-order valence-electron chi connectivity index (χ1n) is 21.2. The Morgan fingerprint density at radius 1 is 0.317 bits per heavy atom. The van der Waals surface area contributed by atoms with Crippen molar-refractivity contribution in [2.75, 3.05) is 0 Å². The van der Waals surface area contributed by atoms with Crippen molar-refractivity contribution in [3.63, 3.8) is 0 Å². The van der Waals surface area contributed by atoms with E-state index in [2.05, 4.69) is 245 Å². The second-order valence-corrected chi connectivity index (χ2v) is 18.3. The minimum atomic E-state index is 0.0663. The van der Waals surface area contributed by atoms with Gasteiger partial charge in [0.2, 0.25) is 0 Å². The van der Waals surface area contributed by atoms with E-state index in [4.69, 9.17) is 0 Å². The average Bonchev–Trinajstić information content (AvgIpc) is 3.77. The first-order chi connectivity index (χ1) is 29.0. The summed E-state index contributed by atoms with van der Waals surface area (Å²) in [4.78, 5) is 0. The summed E-state index contributed by atoms with van der Waals surface area (Å²) in [6.07, 6.45) is 4.42. The molecule has 0 aliphatic rings. The van der Waals surface area contributed by atoms with Crippen LogP contribution in [0.3, 0.4) is 0 Å². The van der Waals surface area contributed by atoms with E-state index >= 15 is 0 Å². The maximum atomic E-state index is 2.40. The van der Waals surface area contributed by atoms with Crippen LogP contribution < -0.4 is 0 Å². The van der Waals surface area contributed by atoms with Crippen LogP contribution in [0.5, 0.6) is 0 Å². The standard InChI is InChI=1S/C58H50N2/c1-57(2,3)45-29-33-55-51(37-45)49-35-43(27-31-53(49)59(55)47-13-9-7-10-14-47)41-23-19-39(20-24-41)17-18-40-21-25-42(26-22-40)44-28-32-54-50(36-44)52-38-46(58(4,5)6)30-34-56(52)60(54)48-15-11-8-12-16-48/h7-38H,1-6H3. The largest absolute Gasteiger partial charge is 0.309 e. The molecule has 60 heavy (non-hydrogen) atoms. The lowest BCUT2D eigenvalue weighted by molar-refractivity contribution is 0.591. The van der Waals surface area contributed by atoms with Gasteiger partial charge in [-0.15, -0.1) is 0 Å². The van der Waals surface area contributed by atoms with E-state index in [9.17, 15) is 0 Å². The Bertz CT molecular complexity index is 3000. The van der Waals surface area contributed by atoms with E-state index in [1.165, 1.54) is 99.5 Å². The molecular weight excluding hydrogens is 725 g/mol. The predicted molar refractivity (Wildman–Crippen MR) is 259 cm³/mol. The molecule has 0 saturated carbocycles. The summed E-state index contributed by atoms with van der Waals surface area (Å²) < 4.78 is 4.79. The van der Waals surface area contributed by atoms with Crippen LogP contribution in [0, 0.1) is 0 Å². The van der Waals surface area contributed by atoms with Crippen molar-refractivity contribution in [2.45, 2.75) is 52.4 Å². The van der Waals surface area contributed by atoms with Gasteiger partial charge in [-0.1, -0.05) is 163 Å². The third kappa shape index (κ3) is 6.73. The molecule has 0 atom stereocenters. The van der Waals surface area contributed by atoms with Crippen molar-refractivity contribution in [1.29, 1.82) is 0 Å². The summed E-state index contributed by atoms with van der Waals surface area (Å²) >= 11 is 0. The molecular formula is C58H50N2. The molecule has 0 fully saturated rings. The average molecular weight is 775 g/mol. The number of nitrogens with zero attached hydrogens (tertiary/aromatic N) is 2. The van der Waals surface area contributed by atoms with E-state index in [-0.39, 0.29) is 10.8 Å². The number of para-hydroxylation sites is 2. The maximum absolute atomic E-state index is 2.40. The zero-order valence-corrected chi connectivity index (χ0v) is 35.4. The van der Waals surface area contributed by atoms with Crippen molar-refractivity contribution < 1.29 is 0 Å². The Kier molecular flexibility index (Phi) is 8.99. The third-order valence-corrected chi connectivity index (χ3v) is 12.2. The van der Waals surface area contributed by atoms with Crippen molar-refractivity contribution >= 4 is 55.8 Å². The molecule has 2 aromatic heterocycles. The van der Waals surface area contributed by atoms with Gasteiger partial charge in [-0.05, 0) is 128 Å². The van der Waals surface area contributed by atoms with Gasteiger partial charge < -0.3 is 9.13 Å². The molecule has 0 amide bonds. The number of hydrogen-bond acceptors (Lipinski definition) is 0. The number of aromatic nitrogens is 2. The van der Waals surface area contributed by atoms with Crippen LogP contribution >= 0.6 is 0 Å². The predicted octanol–water partition coefficient (Wildman–Crippen LogP) is 16.0. The second kappa shape index (κ2) is 14.4. The molecule has 8 aromatic carbocycles. The van der Waals surface area contributed by atoms with Gasteiger partial charge in [-0.3, -0.25) is 0 Å². The van der Waals surface area contributed by atoms with Gasteiger partial charge >= 0.3 is 0 Å². The summed E-state index contributed by atoms with van der Waals surface area (Å²) in [6.45, 7) is 13.7. The topological polar surface area (TPSA) is 9.86 Å². The first-order valence-corrected chi connectivity index (χ1v) is 21.2. The van der Waals surface area contributed by atoms with Crippen LogP contribution in [0.2, 0.25) is 0 Å². The fraction of sp³-hybridized carbons (Fsp3) is 0.138. The van der Waals surface area contributed by atoms with E-state index < -0.39 is 0 Å². The van der Waals surface area contributed by atoms with Gasteiger partial charge in [0.15, 0.2) is 0 Å². The van der Waals surface area contributed by atoms with Crippen LogP contribution in [0.1, 0.15) is 63.8 Å². The van der Waals surface area contributed by atoms with Crippen molar-refractivity contribution in [1.82, 2.24) is 9.13 Å². The van der Waals surface area contributed by atoms with Gasteiger partial charge in [-0.25, -0.2) is 0 Å². The molecule has 0 radical (unpaired) electrons. The molecule has 0 N–H and O–H groups in total. The minimum absolute atomic E-state index is 0.0663. The monoisotopic (exact) mass is 774 g/mol. The summed E-state index contributed by atoms with van der Waals surface area (Å²) in [7, 11) is 0. The number of rotatable bonds is 6. The quantitative estimate of drug-likeness (QED) is 0.149. The highest BCUT2D eigenvalue weighted by Gasteiger charge is 2.20. The molecule has 0 saturated heterocycles. The molecule has 0 aliphatic heterocycles. The van der Waals surface area contributed by atoms with Gasteiger partial charge in [0, 0.05) is 32.9 Å². The van der Waals surface area contributed by atoms with Crippen molar-refractivity contribution in [3.05, 3.63) is 204 Å². The molecule has 10 aromatic rings. The number of fused-ring (bicyclic) bond motifs is 6. The Morgan fingerprint density at radius 3 is 0.983 bits per heavy atom. The molecule has 10 rings (SSSR count). The maximum Gasteiger partial charge on any atom is 0.0541 e. The molecule has 0 bridgehead atoms. The molecule has 0 unspecified atom stereocenters. The minimum Gasteiger partial charge on any atom is -0.309 e. The molecule has 0 aliphatic carbocycles. The van der Waals surface area contributed by atoms with E-state index in [0.29, 0.717) is 0 Å². The highest BCUT2D eigenvalue weighted by Crippen LogP contribution is 2.39. The molecule has 2 heterocycles. The molecule has 292 valence electrons. The molecule has 0 spiro atoms. The summed E-state index contributed by atoms with van der Waals surface area (Å²) in [6, 6.07) is 67.1. The van der Waals surface area contributed by atoms with Crippen LogP contribution in [0.25, 0.3) is 89.4 Å². The van der Waals surface area contributed by atoms with E-state index in [0.717, 1.165) is 0 Å². The Balaban J connectivity index is 0.928. The van der Waals surface area contributed by atoms with Crippen LogP contribution in [0.15, 0.2) is 182 Å². The SMILES string of the molecule is CC(C)(C)c1ccc2c(c1)c1cc(-c3ccc(C=Cc4ccc(-c5ccc6c(c5)c5cc(C(C)(C)C)ccc5n6-c5ccccc5)cc4)cc3)ccc1n2-c1ccccc1. The summed E-state index contributed by atoms with van der Waals surface area (Å²) in [5, 5.41) is 5.14. The highest BCUT2D eigenvalue weighted by atomic mass is 15.0. The normalized spacial score (nSPS) is 12.4. The number of benzene rings is 8. The highest BCUT2D eigenvalue weighted by molar-refractivity contribution is 6.12. The zero-order chi connectivity index (χ0) is 41.2. The summed E-state index contributed by atoms with van der Waals surface area (Å²) in [5.74, 6) is 0. The van der Waals surface area contributed by atoms with Crippen LogP contribution in [0.4, 0.5) is 0 Å². The lowest BCUT2D eigenvalue weighted by Crippen LogP contribution is -2.10. The van der Waals surface area contributed by atoms with Crippen LogP contribution in [-0.4, -0.2) is 9.13 Å². The van der Waals surface area contributed by atoms with Gasteiger partial charge in [0.1, 0.15) is 0 Å². The Hall–Kier alpha value is -6.90. The number of hydrogen-bond donors (Lipinski definition) is 0. The van der Waals surface area contributed by atoms with Gasteiger partial charge in [0.25, 0.3) is 0 Å². The fourth-order valence-electron chi connectivity index (χ4n) is 8.82. The fourth-order valence-corrected chi connectivity index (χ4v) is 8.82.